The van der Waals surface area contributed by atoms with Crippen LogP contribution >= 0.6 is 0 Å². The second-order valence-electron chi connectivity index (χ2n) is 11.2. The zero-order valence-corrected chi connectivity index (χ0v) is 24.1. The number of H-pyrrole nitrogens is 1. The van der Waals surface area contributed by atoms with Crippen LogP contribution in [0, 0.1) is 6.92 Å². The third kappa shape index (κ3) is 4.66. The summed E-state index contributed by atoms with van der Waals surface area (Å²) in [5.41, 5.74) is 12.3. The molecule has 8 nitrogen and oxygen atoms in total. The summed E-state index contributed by atoms with van der Waals surface area (Å²) in [6, 6.07) is 25.8. The van der Waals surface area contributed by atoms with Gasteiger partial charge in [0.1, 0.15) is 5.82 Å². The first-order chi connectivity index (χ1) is 20.9. The second-order valence-corrected chi connectivity index (χ2v) is 11.2. The number of primary amides is 1. The number of hydrogen-bond donors (Lipinski definition) is 3. The topological polar surface area (TPSA) is 107 Å². The third-order valence-electron chi connectivity index (χ3n) is 8.61. The maximum Gasteiger partial charge on any atom is 0.254 e. The van der Waals surface area contributed by atoms with Crippen molar-refractivity contribution >= 4 is 55.9 Å². The van der Waals surface area contributed by atoms with Crippen LogP contribution in [-0.4, -0.2) is 64.8 Å². The predicted molar refractivity (Wildman–Crippen MR) is 173 cm³/mol. The minimum absolute atomic E-state index is 0.0145. The number of amides is 2. The molecule has 6 aromatic rings. The van der Waals surface area contributed by atoms with E-state index >= 15 is 0 Å². The molecule has 2 amide bonds. The van der Waals surface area contributed by atoms with Crippen molar-refractivity contribution in [1.82, 2.24) is 19.8 Å². The van der Waals surface area contributed by atoms with Gasteiger partial charge >= 0.3 is 0 Å². The Morgan fingerprint density at radius 1 is 0.884 bits per heavy atom. The predicted octanol–water partition coefficient (Wildman–Crippen LogP) is 6.07. The van der Waals surface area contributed by atoms with Crippen LogP contribution in [0.3, 0.4) is 0 Å². The van der Waals surface area contributed by atoms with Gasteiger partial charge in [0.05, 0.1) is 11.1 Å². The van der Waals surface area contributed by atoms with Gasteiger partial charge in [0, 0.05) is 65.3 Å². The maximum atomic E-state index is 13.4. The summed E-state index contributed by atoms with van der Waals surface area (Å²) in [5.74, 6) is 0.295. The van der Waals surface area contributed by atoms with Crippen LogP contribution < -0.4 is 11.1 Å². The first-order valence-electron chi connectivity index (χ1n) is 14.5. The van der Waals surface area contributed by atoms with E-state index in [0.29, 0.717) is 29.7 Å². The largest absolute Gasteiger partial charge is 0.366 e. The fourth-order valence-corrected chi connectivity index (χ4v) is 6.18. The normalized spacial score (nSPS) is 14.0. The number of nitrogens with zero attached hydrogens (tertiary/aromatic N) is 3. The number of anilines is 2. The van der Waals surface area contributed by atoms with Crippen molar-refractivity contribution in [2.75, 3.05) is 38.5 Å². The van der Waals surface area contributed by atoms with Crippen LogP contribution in [0.1, 0.15) is 26.3 Å². The number of nitrogens with one attached hydrogen (secondary N) is 2. The molecule has 1 fully saturated rings. The summed E-state index contributed by atoms with van der Waals surface area (Å²) in [5, 5.41) is 7.53. The van der Waals surface area contributed by atoms with Crippen molar-refractivity contribution < 1.29 is 9.59 Å². The van der Waals surface area contributed by atoms with E-state index < -0.39 is 5.91 Å². The summed E-state index contributed by atoms with van der Waals surface area (Å²) in [6.07, 6.45) is 1.81. The van der Waals surface area contributed by atoms with Crippen LogP contribution in [0.4, 0.5) is 11.5 Å². The standard InChI is InChI=1S/C35H32N6O2/c1-21-24(8-5-9-29(21)39-34-25-7-4-3-6-22(25)14-15-37-34)26-12-13-28(33(36)42)32-31(26)27-11-10-23(20-30(27)38-32)35(43)41-18-16-40(2)17-19-41/h3-15,20,38H,16-19H2,1-2H3,(H2,36,42)(H,37,39). The highest BCUT2D eigenvalue weighted by Crippen LogP contribution is 2.40. The van der Waals surface area contributed by atoms with E-state index in [1.54, 1.807) is 6.07 Å². The number of aromatic amines is 1. The van der Waals surface area contributed by atoms with Crippen molar-refractivity contribution in [2.45, 2.75) is 6.92 Å². The lowest BCUT2D eigenvalue weighted by molar-refractivity contribution is 0.0664. The fraction of sp³-hybridized carbons (Fsp3) is 0.171. The lowest BCUT2D eigenvalue weighted by Crippen LogP contribution is -2.47. The van der Waals surface area contributed by atoms with Gasteiger partial charge in [0.2, 0.25) is 0 Å². The van der Waals surface area contributed by atoms with Gasteiger partial charge in [0.15, 0.2) is 0 Å². The monoisotopic (exact) mass is 568 g/mol. The summed E-state index contributed by atoms with van der Waals surface area (Å²) in [7, 11) is 2.07. The molecule has 0 radical (unpaired) electrons. The number of nitrogens with two attached hydrogens (primary N) is 1. The van der Waals surface area contributed by atoms with Gasteiger partial charge in [-0.2, -0.15) is 0 Å². The zero-order valence-electron chi connectivity index (χ0n) is 24.1. The number of piperazine rings is 1. The molecule has 4 aromatic carbocycles. The Labute approximate surface area is 249 Å². The molecule has 43 heavy (non-hydrogen) atoms. The van der Waals surface area contributed by atoms with Gasteiger partial charge in [-0.25, -0.2) is 4.98 Å². The number of benzene rings is 4. The molecule has 2 aromatic heterocycles. The summed E-state index contributed by atoms with van der Waals surface area (Å²) in [6.45, 7) is 5.20. The van der Waals surface area contributed by atoms with Gasteiger partial charge in [0.25, 0.3) is 11.8 Å². The Morgan fingerprint density at radius 2 is 1.70 bits per heavy atom. The smallest absolute Gasteiger partial charge is 0.254 e. The van der Waals surface area contributed by atoms with Gasteiger partial charge in [-0.05, 0) is 66.4 Å². The number of likely N-dealkylation sites (N-methyl/N-ethyl adjacent to an activating group) is 1. The third-order valence-corrected chi connectivity index (χ3v) is 8.61. The van der Waals surface area contributed by atoms with Gasteiger partial charge in [-0.15, -0.1) is 0 Å². The van der Waals surface area contributed by atoms with Gasteiger partial charge in [-0.1, -0.05) is 48.5 Å². The maximum absolute atomic E-state index is 13.4. The van der Waals surface area contributed by atoms with Gasteiger partial charge in [-0.3, -0.25) is 9.59 Å². The van der Waals surface area contributed by atoms with Crippen LogP contribution in [0.2, 0.25) is 0 Å². The Morgan fingerprint density at radius 3 is 2.51 bits per heavy atom. The molecule has 1 aliphatic rings. The highest BCUT2D eigenvalue weighted by atomic mass is 16.2. The lowest BCUT2D eigenvalue weighted by atomic mass is 9.93. The molecule has 1 saturated heterocycles. The molecule has 3 heterocycles. The van der Waals surface area contributed by atoms with Crippen LogP contribution in [0.25, 0.3) is 43.7 Å². The quantitative estimate of drug-likeness (QED) is 0.234. The molecule has 4 N–H and O–H groups in total. The molecule has 1 aliphatic heterocycles. The van der Waals surface area contributed by atoms with E-state index in [-0.39, 0.29) is 5.91 Å². The first-order valence-corrected chi connectivity index (χ1v) is 14.5. The van der Waals surface area contributed by atoms with Gasteiger partial charge < -0.3 is 25.8 Å². The Balaban J connectivity index is 1.34. The Kier molecular flexibility index (Phi) is 6.55. The minimum Gasteiger partial charge on any atom is -0.366 e. The van der Waals surface area contributed by atoms with Crippen molar-refractivity contribution in [2.24, 2.45) is 5.73 Å². The Bertz CT molecular complexity index is 2050. The number of carbonyl (C=O) groups excluding carboxylic acids is 2. The number of rotatable bonds is 5. The van der Waals surface area contributed by atoms with E-state index in [2.05, 4.69) is 52.4 Å². The van der Waals surface area contributed by atoms with E-state index in [1.165, 1.54) is 0 Å². The summed E-state index contributed by atoms with van der Waals surface area (Å²) >= 11 is 0. The highest BCUT2D eigenvalue weighted by molar-refractivity contribution is 6.20. The van der Waals surface area contributed by atoms with Crippen LogP contribution in [-0.2, 0) is 0 Å². The SMILES string of the molecule is Cc1c(Nc2nccc3ccccc23)cccc1-c1ccc(C(N)=O)c2[nH]c3cc(C(=O)N4CCN(C)CC4)ccc3c12. The molecular weight excluding hydrogens is 536 g/mol. The fourth-order valence-electron chi connectivity index (χ4n) is 6.18. The number of pyridine rings is 1. The van der Waals surface area contributed by atoms with Crippen LogP contribution in [0.5, 0.6) is 0 Å². The van der Waals surface area contributed by atoms with Crippen molar-refractivity contribution in [1.29, 1.82) is 0 Å². The molecule has 0 unspecified atom stereocenters. The van der Waals surface area contributed by atoms with Crippen molar-refractivity contribution in [3.8, 4) is 11.1 Å². The molecule has 0 bridgehead atoms. The highest BCUT2D eigenvalue weighted by Gasteiger charge is 2.23. The molecule has 0 aliphatic carbocycles. The van der Waals surface area contributed by atoms with E-state index in [1.807, 2.05) is 65.7 Å². The molecule has 7 rings (SSSR count). The van der Waals surface area contributed by atoms with E-state index in [9.17, 15) is 9.59 Å². The lowest BCUT2D eigenvalue weighted by Gasteiger charge is -2.32. The summed E-state index contributed by atoms with van der Waals surface area (Å²) < 4.78 is 0. The average molecular weight is 569 g/mol. The van der Waals surface area contributed by atoms with Crippen molar-refractivity contribution in [3.63, 3.8) is 0 Å². The molecule has 0 saturated carbocycles. The Hall–Kier alpha value is -5.21. The minimum atomic E-state index is -0.508. The number of fused-ring (bicyclic) bond motifs is 4. The molecule has 8 heteroatoms. The van der Waals surface area contributed by atoms with E-state index in [0.717, 1.165) is 68.3 Å². The zero-order chi connectivity index (χ0) is 29.7. The number of hydrogen-bond acceptors (Lipinski definition) is 5. The summed E-state index contributed by atoms with van der Waals surface area (Å²) in [4.78, 5) is 38.0. The van der Waals surface area contributed by atoms with E-state index in [4.69, 9.17) is 5.73 Å². The first kappa shape index (κ1) is 26.7. The molecule has 214 valence electrons. The number of carbonyl (C=O) groups is 2. The van der Waals surface area contributed by atoms with Crippen molar-refractivity contribution in [3.05, 3.63) is 102 Å². The molecular formula is C35H32N6O2. The average Bonchev–Trinajstić information content (AvgIpc) is 3.41. The second kappa shape index (κ2) is 10.6. The number of aromatic nitrogens is 2. The molecule has 0 spiro atoms. The van der Waals surface area contributed by atoms with Crippen LogP contribution in [0.15, 0.2) is 85.1 Å². The molecule has 0 atom stereocenters.